The second kappa shape index (κ2) is 7.04. The van der Waals surface area contributed by atoms with E-state index in [-0.39, 0.29) is 5.69 Å². The van der Waals surface area contributed by atoms with Gasteiger partial charge < -0.3 is 10.2 Å². The molecule has 4 nitrogen and oxygen atoms in total. The average Bonchev–Trinajstić information content (AvgIpc) is 2.59. The van der Waals surface area contributed by atoms with Gasteiger partial charge in [-0.3, -0.25) is 0 Å². The Morgan fingerprint density at radius 2 is 1.67 bits per heavy atom. The molecule has 0 aliphatic rings. The fourth-order valence-corrected chi connectivity index (χ4v) is 2.31. The van der Waals surface area contributed by atoms with E-state index in [9.17, 15) is 8.78 Å². The molecule has 24 heavy (non-hydrogen) atoms. The third-order valence-corrected chi connectivity index (χ3v) is 3.52. The Morgan fingerprint density at radius 3 is 2.38 bits per heavy atom. The number of nitrogens with one attached hydrogen (secondary N) is 1. The van der Waals surface area contributed by atoms with Crippen LogP contribution in [0.25, 0.3) is 0 Å². The molecule has 3 aromatic rings. The second-order valence-corrected chi connectivity index (χ2v) is 5.32. The van der Waals surface area contributed by atoms with E-state index in [1.165, 1.54) is 24.5 Å². The van der Waals surface area contributed by atoms with E-state index in [0.29, 0.717) is 18.2 Å². The van der Waals surface area contributed by atoms with Gasteiger partial charge in [0.15, 0.2) is 0 Å². The van der Waals surface area contributed by atoms with Crippen molar-refractivity contribution in [3.05, 3.63) is 78.1 Å². The van der Waals surface area contributed by atoms with E-state index in [2.05, 4.69) is 15.3 Å². The zero-order valence-corrected chi connectivity index (χ0v) is 13.1. The van der Waals surface area contributed by atoms with Crippen LogP contribution in [0.15, 0.2) is 60.9 Å². The van der Waals surface area contributed by atoms with E-state index in [4.69, 9.17) is 0 Å². The third-order valence-electron chi connectivity index (χ3n) is 3.52. The number of hydrogen-bond acceptors (Lipinski definition) is 4. The molecular weight excluding hydrogens is 310 g/mol. The van der Waals surface area contributed by atoms with Crippen LogP contribution in [0.4, 0.5) is 26.1 Å². The summed E-state index contributed by atoms with van der Waals surface area (Å²) in [6.07, 6.45) is 1.36. The van der Waals surface area contributed by atoms with Gasteiger partial charge in [-0.2, -0.15) is 0 Å². The molecule has 1 N–H and O–H groups in total. The van der Waals surface area contributed by atoms with Crippen molar-refractivity contribution in [2.45, 2.75) is 6.54 Å². The number of halogens is 2. The molecule has 0 saturated carbocycles. The van der Waals surface area contributed by atoms with Gasteiger partial charge in [-0.05, 0) is 17.7 Å². The smallest absolute Gasteiger partial charge is 0.149 e. The molecule has 1 aromatic heterocycles. The molecule has 0 aliphatic heterocycles. The maximum Gasteiger partial charge on any atom is 0.149 e. The van der Waals surface area contributed by atoms with Gasteiger partial charge in [-0.1, -0.05) is 36.4 Å². The van der Waals surface area contributed by atoms with Crippen LogP contribution in [-0.4, -0.2) is 17.0 Å². The van der Waals surface area contributed by atoms with Crippen molar-refractivity contribution in [1.29, 1.82) is 0 Å². The minimum absolute atomic E-state index is 0.229. The Balaban J connectivity index is 1.79. The summed E-state index contributed by atoms with van der Waals surface area (Å²) in [5, 5.41) is 2.67. The SMILES string of the molecule is CN(Cc1ccccc1)c1cc(Nc2c(F)cccc2F)ncn1. The number of hydrogen-bond donors (Lipinski definition) is 1. The van der Waals surface area contributed by atoms with Gasteiger partial charge in [0.1, 0.15) is 35.3 Å². The van der Waals surface area contributed by atoms with Crippen molar-refractivity contribution in [3.63, 3.8) is 0 Å². The predicted molar refractivity (Wildman–Crippen MR) is 90.2 cm³/mol. The number of para-hydroxylation sites is 1. The summed E-state index contributed by atoms with van der Waals surface area (Å²) < 4.78 is 27.5. The third kappa shape index (κ3) is 3.65. The monoisotopic (exact) mass is 326 g/mol. The normalized spacial score (nSPS) is 10.5. The number of aromatic nitrogens is 2. The molecule has 3 rings (SSSR count). The highest BCUT2D eigenvalue weighted by Crippen LogP contribution is 2.23. The zero-order valence-electron chi connectivity index (χ0n) is 13.1. The van der Waals surface area contributed by atoms with Crippen LogP contribution in [0.5, 0.6) is 0 Å². The van der Waals surface area contributed by atoms with Crippen molar-refractivity contribution < 1.29 is 8.78 Å². The molecule has 2 aromatic carbocycles. The number of anilines is 3. The van der Waals surface area contributed by atoms with E-state index in [0.717, 1.165) is 5.56 Å². The van der Waals surface area contributed by atoms with Crippen LogP contribution < -0.4 is 10.2 Å². The van der Waals surface area contributed by atoms with Gasteiger partial charge in [0.2, 0.25) is 0 Å². The van der Waals surface area contributed by atoms with Crippen LogP contribution in [-0.2, 0) is 6.54 Å². The molecule has 6 heteroatoms. The van der Waals surface area contributed by atoms with Crippen LogP contribution in [0.3, 0.4) is 0 Å². The first-order valence-electron chi connectivity index (χ1n) is 7.41. The highest BCUT2D eigenvalue weighted by Gasteiger charge is 2.11. The summed E-state index contributed by atoms with van der Waals surface area (Å²) in [4.78, 5) is 10.2. The molecule has 0 unspecified atom stereocenters. The predicted octanol–water partition coefficient (Wildman–Crippen LogP) is 4.13. The largest absolute Gasteiger partial charge is 0.355 e. The van der Waals surface area contributed by atoms with E-state index < -0.39 is 11.6 Å². The maximum absolute atomic E-state index is 13.7. The zero-order chi connectivity index (χ0) is 16.9. The molecular formula is C18H16F2N4. The Morgan fingerprint density at radius 1 is 0.958 bits per heavy atom. The van der Waals surface area contributed by atoms with Crippen LogP contribution in [0, 0.1) is 11.6 Å². The van der Waals surface area contributed by atoms with Crippen molar-refractivity contribution in [1.82, 2.24) is 9.97 Å². The van der Waals surface area contributed by atoms with Crippen molar-refractivity contribution in [2.24, 2.45) is 0 Å². The minimum Gasteiger partial charge on any atom is -0.355 e. The minimum atomic E-state index is -0.673. The first kappa shape index (κ1) is 15.9. The molecule has 0 fully saturated rings. The Hall–Kier alpha value is -3.02. The van der Waals surface area contributed by atoms with Gasteiger partial charge in [0, 0.05) is 19.7 Å². The van der Waals surface area contributed by atoms with Crippen molar-refractivity contribution >= 4 is 17.3 Å². The molecule has 0 bridgehead atoms. The second-order valence-electron chi connectivity index (χ2n) is 5.32. The summed E-state index contributed by atoms with van der Waals surface area (Å²) in [6.45, 7) is 0.658. The summed E-state index contributed by atoms with van der Waals surface area (Å²) in [5.41, 5.74) is 0.904. The lowest BCUT2D eigenvalue weighted by Crippen LogP contribution is -2.18. The fourth-order valence-electron chi connectivity index (χ4n) is 2.31. The lowest BCUT2D eigenvalue weighted by atomic mass is 10.2. The number of benzene rings is 2. The molecule has 122 valence electrons. The molecule has 0 atom stereocenters. The summed E-state index contributed by atoms with van der Waals surface area (Å²) in [5.74, 6) is -0.377. The van der Waals surface area contributed by atoms with Crippen LogP contribution >= 0.6 is 0 Å². The van der Waals surface area contributed by atoms with E-state index in [1.54, 1.807) is 6.07 Å². The van der Waals surface area contributed by atoms with Gasteiger partial charge in [0.05, 0.1) is 0 Å². The average molecular weight is 326 g/mol. The van der Waals surface area contributed by atoms with Gasteiger partial charge in [-0.25, -0.2) is 18.7 Å². The molecule has 0 radical (unpaired) electrons. The summed E-state index contributed by atoms with van der Waals surface area (Å²) in [6, 6.07) is 15.3. The molecule has 1 heterocycles. The van der Waals surface area contributed by atoms with Gasteiger partial charge in [-0.15, -0.1) is 0 Å². The van der Waals surface area contributed by atoms with E-state index >= 15 is 0 Å². The molecule has 0 amide bonds. The van der Waals surface area contributed by atoms with Crippen LogP contribution in [0.1, 0.15) is 5.56 Å². The topological polar surface area (TPSA) is 41.0 Å². The first-order valence-corrected chi connectivity index (χ1v) is 7.41. The first-order chi connectivity index (χ1) is 11.6. The van der Waals surface area contributed by atoms with E-state index in [1.807, 2.05) is 42.3 Å². The van der Waals surface area contributed by atoms with Gasteiger partial charge in [0.25, 0.3) is 0 Å². The van der Waals surface area contributed by atoms with Crippen molar-refractivity contribution in [2.75, 3.05) is 17.3 Å². The molecule has 0 aliphatic carbocycles. The molecule has 0 spiro atoms. The molecule has 0 saturated heterocycles. The summed E-state index contributed by atoms with van der Waals surface area (Å²) in [7, 11) is 1.89. The highest BCUT2D eigenvalue weighted by molar-refractivity contribution is 5.60. The Labute approximate surface area is 138 Å². The number of rotatable bonds is 5. The highest BCUT2D eigenvalue weighted by atomic mass is 19.1. The van der Waals surface area contributed by atoms with Gasteiger partial charge >= 0.3 is 0 Å². The lowest BCUT2D eigenvalue weighted by molar-refractivity contribution is 0.590. The number of nitrogens with zero attached hydrogens (tertiary/aromatic N) is 3. The Kier molecular flexibility index (Phi) is 4.65. The van der Waals surface area contributed by atoms with Crippen LogP contribution in [0.2, 0.25) is 0 Å². The summed E-state index contributed by atoms with van der Waals surface area (Å²) >= 11 is 0. The maximum atomic E-state index is 13.7. The Bertz CT molecular complexity index is 804. The van der Waals surface area contributed by atoms with Crippen molar-refractivity contribution in [3.8, 4) is 0 Å². The lowest BCUT2D eigenvalue weighted by Gasteiger charge is -2.19. The fraction of sp³-hybridized carbons (Fsp3) is 0.111. The quantitative estimate of drug-likeness (QED) is 0.765. The standard InChI is InChI=1S/C18H16F2N4/c1-24(11-13-6-3-2-4-7-13)17-10-16(21-12-22-17)23-18-14(19)8-5-9-15(18)20/h2-10,12H,11H2,1H3,(H,21,22,23).